The molecule has 0 spiro atoms. The lowest BCUT2D eigenvalue weighted by atomic mass is 10.3. The Morgan fingerprint density at radius 3 is 1.89 bits per heavy atom. The van der Waals surface area contributed by atoms with Gasteiger partial charge in [-0.15, -0.1) is 0 Å². The highest BCUT2D eigenvalue weighted by Crippen LogP contribution is 2.15. The zero-order valence-corrected chi connectivity index (χ0v) is 17.1. The molecule has 10 heteroatoms. The normalized spacial score (nSPS) is 22.3. The van der Waals surface area contributed by atoms with Crippen molar-refractivity contribution in [1.82, 2.24) is 0 Å². The Hall–Kier alpha value is -1.36. The first-order valence-electron chi connectivity index (χ1n) is 9.41. The summed E-state index contributed by atoms with van der Waals surface area (Å²) in [5.74, 6) is 0. The maximum absolute atomic E-state index is 10.8. The fourth-order valence-electron chi connectivity index (χ4n) is 2.65. The van der Waals surface area contributed by atoms with E-state index in [1.165, 1.54) is 0 Å². The molecule has 2 heterocycles. The van der Waals surface area contributed by atoms with Crippen LogP contribution in [0.4, 0.5) is 9.59 Å². The van der Waals surface area contributed by atoms with Gasteiger partial charge in [0, 0.05) is 19.8 Å². The van der Waals surface area contributed by atoms with Crippen molar-refractivity contribution in [2.24, 2.45) is 0 Å². The third-order valence-electron chi connectivity index (χ3n) is 4.15. The second kappa shape index (κ2) is 11.5. The summed E-state index contributed by atoms with van der Waals surface area (Å²) in [6.07, 6.45) is 0.951. The molecule has 2 fully saturated rings. The average molecular weight is 407 g/mol. The van der Waals surface area contributed by atoms with Crippen molar-refractivity contribution in [2.45, 2.75) is 50.6 Å². The number of carbonyl (C=O) groups is 2. The first-order valence-corrected chi connectivity index (χ1v) is 12.5. The molecule has 0 aromatic rings. The van der Waals surface area contributed by atoms with Gasteiger partial charge >= 0.3 is 12.3 Å². The predicted molar refractivity (Wildman–Crippen MR) is 96.2 cm³/mol. The van der Waals surface area contributed by atoms with Crippen LogP contribution in [0.1, 0.15) is 19.3 Å². The monoisotopic (exact) mass is 406 g/mol. The van der Waals surface area contributed by atoms with Crippen molar-refractivity contribution in [3.05, 3.63) is 0 Å². The SMILES string of the molecule is C[Si](C)(CCCOCC1COC(=O)O1)OCCCCOCC1COC(=O)O1. The molecule has 2 aliphatic heterocycles. The van der Waals surface area contributed by atoms with Crippen LogP contribution in [0.25, 0.3) is 0 Å². The molecule has 2 unspecified atom stereocenters. The van der Waals surface area contributed by atoms with Crippen molar-refractivity contribution in [1.29, 1.82) is 0 Å². The first kappa shape index (κ1) is 21.9. The van der Waals surface area contributed by atoms with Crippen LogP contribution in [0.15, 0.2) is 0 Å². The highest BCUT2D eigenvalue weighted by molar-refractivity contribution is 6.71. The minimum Gasteiger partial charge on any atom is -0.430 e. The predicted octanol–water partition coefficient (Wildman–Crippen LogP) is 2.48. The number of rotatable bonds is 14. The molecule has 9 nitrogen and oxygen atoms in total. The van der Waals surface area contributed by atoms with E-state index in [0.29, 0.717) is 26.4 Å². The fourth-order valence-corrected chi connectivity index (χ4v) is 4.49. The van der Waals surface area contributed by atoms with Gasteiger partial charge in [-0.25, -0.2) is 9.59 Å². The van der Waals surface area contributed by atoms with Gasteiger partial charge in [0.2, 0.25) is 0 Å². The lowest BCUT2D eigenvalue weighted by Crippen LogP contribution is -2.31. The molecule has 0 aromatic heterocycles. The topological polar surface area (TPSA) is 98.8 Å². The molecule has 2 rings (SSSR count). The molecule has 0 N–H and O–H groups in total. The van der Waals surface area contributed by atoms with Gasteiger partial charge < -0.3 is 32.8 Å². The minimum atomic E-state index is -1.70. The second-order valence-corrected chi connectivity index (χ2v) is 11.5. The molecule has 0 radical (unpaired) electrons. The summed E-state index contributed by atoms with van der Waals surface area (Å²) >= 11 is 0. The molecule has 156 valence electrons. The molecule has 2 aliphatic rings. The number of carbonyl (C=O) groups excluding carboxylic acids is 2. The highest BCUT2D eigenvalue weighted by atomic mass is 28.4. The zero-order valence-electron chi connectivity index (χ0n) is 16.1. The van der Waals surface area contributed by atoms with Crippen LogP contribution in [0.3, 0.4) is 0 Å². The van der Waals surface area contributed by atoms with Crippen molar-refractivity contribution in [2.75, 3.05) is 46.2 Å². The summed E-state index contributed by atoms with van der Waals surface area (Å²) in [5.41, 5.74) is 0. The van der Waals surface area contributed by atoms with Gasteiger partial charge in [0.25, 0.3) is 0 Å². The molecule has 0 bridgehead atoms. The van der Waals surface area contributed by atoms with Crippen molar-refractivity contribution in [3.63, 3.8) is 0 Å². The Balaban J connectivity index is 1.38. The van der Waals surface area contributed by atoms with Crippen molar-refractivity contribution in [3.8, 4) is 0 Å². The van der Waals surface area contributed by atoms with E-state index >= 15 is 0 Å². The van der Waals surface area contributed by atoms with Gasteiger partial charge in [-0.1, -0.05) is 0 Å². The molecule has 0 amide bonds. The molecule has 2 saturated heterocycles. The summed E-state index contributed by atoms with van der Waals surface area (Å²) in [6, 6.07) is 1.01. The Morgan fingerprint density at radius 1 is 0.852 bits per heavy atom. The van der Waals surface area contributed by atoms with E-state index in [1.807, 2.05) is 0 Å². The van der Waals surface area contributed by atoms with Crippen LogP contribution < -0.4 is 0 Å². The van der Waals surface area contributed by atoms with Gasteiger partial charge in [0.05, 0.1) is 13.2 Å². The standard InChI is InChI=1S/C17H30O9Si/c1-27(2,9-5-7-21-11-15-13-23-17(19)26-15)24-8-4-3-6-20-10-14-12-22-16(18)25-14/h14-15H,3-13H2,1-2H3. The van der Waals surface area contributed by atoms with Crippen LogP contribution in [0.2, 0.25) is 19.1 Å². The third kappa shape index (κ3) is 9.41. The Kier molecular flexibility index (Phi) is 9.32. The number of unbranched alkanes of at least 4 members (excludes halogenated alkanes) is 1. The Bertz CT molecular complexity index is 471. The molecule has 27 heavy (non-hydrogen) atoms. The molecule has 2 atom stereocenters. The lowest BCUT2D eigenvalue weighted by Gasteiger charge is -2.23. The number of hydrogen-bond acceptors (Lipinski definition) is 9. The van der Waals surface area contributed by atoms with Crippen LogP contribution in [0.5, 0.6) is 0 Å². The summed E-state index contributed by atoms with van der Waals surface area (Å²) in [6.45, 7) is 7.64. The fraction of sp³-hybridized carbons (Fsp3) is 0.882. The van der Waals surface area contributed by atoms with Crippen molar-refractivity contribution < 1.29 is 42.4 Å². The molecule has 0 saturated carbocycles. The minimum absolute atomic E-state index is 0.269. The van der Waals surface area contributed by atoms with Gasteiger partial charge in [-0.05, 0) is 38.4 Å². The zero-order chi connectivity index (χ0) is 19.5. The smallest absolute Gasteiger partial charge is 0.430 e. The third-order valence-corrected chi connectivity index (χ3v) is 6.69. The van der Waals surface area contributed by atoms with Crippen LogP contribution in [-0.4, -0.2) is 79.1 Å². The largest absolute Gasteiger partial charge is 0.508 e. The highest BCUT2D eigenvalue weighted by Gasteiger charge is 2.26. The van der Waals surface area contributed by atoms with Gasteiger partial charge in [0.15, 0.2) is 20.5 Å². The molecule has 0 aliphatic carbocycles. The van der Waals surface area contributed by atoms with E-state index in [4.69, 9.17) is 28.1 Å². The van der Waals surface area contributed by atoms with Gasteiger partial charge in [-0.2, -0.15) is 0 Å². The maximum atomic E-state index is 10.8. The molecular formula is C17H30O9Si. The van der Waals surface area contributed by atoms with E-state index in [9.17, 15) is 9.59 Å². The van der Waals surface area contributed by atoms with E-state index in [0.717, 1.165) is 31.9 Å². The number of hydrogen-bond donors (Lipinski definition) is 0. The number of cyclic esters (lactones) is 4. The number of ether oxygens (including phenoxy) is 6. The van der Waals surface area contributed by atoms with Crippen LogP contribution >= 0.6 is 0 Å². The average Bonchev–Trinajstić information content (AvgIpc) is 3.21. The molecule has 0 aromatic carbocycles. The van der Waals surface area contributed by atoms with Gasteiger partial charge in [0.1, 0.15) is 13.2 Å². The summed E-state index contributed by atoms with van der Waals surface area (Å²) < 4.78 is 36.2. The van der Waals surface area contributed by atoms with Crippen LogP contribution in [0, 0.1) is 0 Å². The Morgan fingerprint density at radius 2 is 1.37 bits per heavy atom. The lowest BCUT2D eigenvalue weighted by molar-refractivity contribution is 0.0433. The van der Waals surface area contributed by atoms with Crippen molar-refractivity contribution >= 4 is 20.6 Å². The van der Waals surface area contributed by atoms with Crippen LogP contribution in [-0.2, 0) is 32.8 Å². The van der Waals surface area contributed by atoms with E-state index < -0.39 is 20.6 Å². The summed E-state index contributed by atoms with van der Waals surface area (Å²) in [7, 11) is -1.70. The van der Waals surface area contributed by atoms with Gasteiger partial charge in [-0.3, -0.25) is 0 Å². The molecular weight excluding hydrogens is 376 g/mol. The maximum Gasteiger partial charge on any atom is 0.508 e. The first-order chi connectivity index (χ1) is 12.9. The van der Waals surface area contributed by atoms with E-state index in [-0.39, 0.29) is 25.4 Å². The summed E-state index contributed by atoms with van der Waals surface area (Å²) in [5, 5.41) is 0. The Labute approximate surface area is 160 Å². The summed E-state index contributed by atoms with van der Waals surface area (Å²) in [4.78, 5) is 21.5. The quantitative estimate of drug-likeness (QED) is 0.245. The van der Waals surface area contributed by atoms with E-state index in [1.54, 1.807) is 0 Å². The second-order valence-electron chi connectivity index (χ2n) is 7.17. The van der Waals surface area contributed by atoms with E-state index in [2.05, 4.69) is 17.8 Å².